The first-order valence-electron chi connectivity index (χ1n) is 11.3. The molecule has 0 bridgehead atoms. The molecule has 172 valence electrons. The van der Waals surface area contributed by atoms with Crippen LogP contribution < -0.4 is 9.47 Å². The molecule has 2 saturated heterocycles. The molecule has 2 aliphatic rings. The number of ether oxygens (including phenoxy) is 3. The van der Waals surface area contributed by atoms with Gasteiger partial charge in [0, 0.05) is 63.8 Å². The number of hydrogen-bond acceptors (Lipinski definition) is 9. The highest BCUT2D eigenvalue weighted by molar-refractivity contribution is 5.29. The molecule has 0 saturated carbocycles. The molecular weight excluding hydrogens is 420 g/mol. The van der Waals surface area contributed by atoms with Crippen molar-refractivity contribution in [3.8, 4) is 23.9 Å². The van der Waals surface area contributed by atoms with Crippen molar-refractivity contribution in [2.24, 2.45) is 0 Å². The Morgan fingerprint density at radius 2 is 1.27 bits per heavy atom. The van der Waals surface area contributed by atoms with Crippen molar-refractivity contribution in [2.75, 3.05) is 52.5 Å². The minimum absolute atomic E-state index is 0.123. The lowest BCUT2D eigenvalue weighted by molar-refractivity contribution is 0.0872. The van der Waals surface area contributed by atoms with E-state index in [1.165, 1.54) is 12.4 Å². The lowest BCUT2D eigenvalue weighted by Crippen LogP contribution is -2.30. The summed E-state index contributed by atoms with van der Waals surface area (Å²) in [5, 5.41) is 17.7. The lowest BCUT2D eigenvalue weighted by atomic mass is 10.3. The fraction of sp³-hybridized carbons (Fsp3) is 0.500. The van der Waals surface area contributed by atoms with Gasteiger partial charge in [-0.2, -0.15) is 10.5 Å². The highest BCUT2D eigenvalue weighted by Crippen LogP contribution is 2.18. The van der Waals surface area contributed by atoms with Crippen LogP contribution in [0.15, 0.2) is 36.7 Å². The Labute approximate surface area is 194 Å². The zero-order valence-corrected chi connectivity index (χ0v) is 18.6. The SMILES string of the molecule is N#Cc1ccc(OC2CCN(CCOCCN3CCC(Oc4ccc(C#N)cn4)C3)C2)nc1. The molecule has 4 heterocycles. The maximum Gasteiger partial charge on any atom is 0.213 e. The quantitative estimate of drug-likeness (QED) is 0.503. The number of likely N-dealkylation sites (tertiary alicyclic amines) is 2. The Morgan fingerprint density at radius 1 is 0.788 bits per heavy atom. The molecule has 9 nitrogen and oxygen atoms in total. The van der Waals surface area contributed by atoms with Gasteiger partial charge in [0.2, 0.25) is 11.8 Å². The van der Waals surface area contributed by atoms with Crippen molar-refractivity contribution in [1.82, 2.24) is 19.8 Å². The Bertz CT molecular complexity index is 890. The fourth-order valence-corrected chi connectivity index (χ4v) is 4.06. The minimum atomic E-state index is 0.123. The first kappa shape index (κ1) is 22.9. The van der Waals surface area contributed by atoms with Crippen LogP contribution in [0.1, 0.15) is 24.0 Å². The first-order valence-corrected chi connectivity index (χ1v) is 11.3. The summed E-state index contributed by atoms with van der Waals surface area (Å²) in [6.07, 6.45) is 5.24. The van der Waals surface area contributed by atoms with E-state index in [0.717, 1.165) is 52.1 Å². The molecule has 0 radical (unpaired) electrons. The number of pyridine rings is 2. The third-order valence-corrected chi connectivity index (χ3v) is 5.87. The van der Waals surface area contributed by atoms with Gasteiger partial charge in [0.15, 0.2) is 0 Å². The van der Waals surface area contributed by atoms with E-state index in [1.807, 2.05) is 0 Å². The van der Waals surface area contributed by atoms with Gasteiger partial charge in [-0.25, -0.2) is 9.97 Å². The van der Waals surface area contributed by atoms with Gasteiger partial charge in [0.25, 0.3) is 0 Å². The summed E-state index contributed by atoms with van der Waals surface area (Å²) in [7, 11) is 0. The molecule has 2 aliphatic heterocycles. The molecule has 2 aromatic heterocycles. The summed E-state index contributed by atoms with van der Waals surface area (Å²) < 4.78 is 17.7. The molecule has 2 atom stereocenters. The standard InChI is InChI=1S/C24H28N6O3/c25-13-19-1-3-23(27-15-19)32-21-5-7-29(17-21)9-11-31-12-10-30-8-6-22(18-30)33-24-4-2-20(14-26)16-28-24/h1-4,15-16,21-22H,5-12,17-18H2. The van der Waals surface area contributed by atoms with Crippen molar-refractivity contribution in [3.63, 3.8) is 0 Å². The Hall–Kier alpha value is -3.24. The predicted octanol–water partition coefficient (Wildman–Crippen LogP) is 1.84. The average molecular weight is 449 g/mol. The monoisotopic (exact) mass is 448 g/mol. The Balaban J connectivity index is 1.06. The molecule has 9 heteroatoms. The van der Waals surface area contributed by atoms with Crippen LogP contribution in [0, 0.1) is 22.7 Å². The van der Waals surface area contributed by atoms with E-state index >= 15 is 0 Å². The summed E-state index contributed by atoms with van der Waals surface area (Å²) in [5.74, 6) is 1.14. The van der Waals surface area contributed by atoms with Gasteiger partial charge >= 0.3 is 0 Å². The Morgan fingerprint density at radius 3 is 1.67 bits per heavy atom. The molecule has 2 fully saturated rings. The summed E-state index contributed by atoms with van der Waals surface area (Å²) in [5.41, 5.74) is 1.07. The third-order valence-electron chi connectivity index (χ3n) is 5.87. The minimum Gasteiger partial charge on any atom is -0.473 e. The third kappa shape index (κ3) is 6.87. The highest BCUT2D eigenvalue weighted by atomic mass is 16.5. The molecule has 0 spiro atoms. The Kier molecular flexibility index (Phi) is 8.04. The van der Waals surface area contributed by atoms with Gasteiger partial charge in [-0.15, -0.1) is 0 Å². The fourth-order valence-electron chi connectivity index (χ4n) is 4.06. The van der Waals surface area contributed by atoms with E-state index in [9.17, 15) is 0 Å². The van der Waals surface area contributed by atoms with Gasteiger partial charge in [0.1, 0.15) is 24.3 Å². The lowest BCUT2D eigenvalue weighted by Gasteiger charge is -2.18. The van der Waals surface area contributed by atoms with Crippen LogP contribution in [-0.2, 0) is 4.74 Å². The average Bonchev–Trinajstić information content (AvgIpc) is 3.49. The zero-order chi connectivity index (χ0) is 22.9. The van der Waals surface area contributed by atoms with Crippen molar-refractivity contribution < 1.29 is 14.2 Å². The maximum absolute atomic E-state index is 8.84. The molecule has 33 heavy (non-hydrogen) atoms. The van der Waals surface area contributed by atoms with Crippen LogP contribution in [0.5, 0.6) is 11.8 Å². The number of nitrogens with zero attached hydrogens (tertiary/aromatic N) is 6. The predicted molar refractivity (Wildman–Crippen MR) is 120 cm³/mol. The molecule has 2 unspecified atom stereocenters. The van der Waals surface area contributed by atoms with Crippen LogP contribution in [0.2, 0.25) is 0 Å². The normalized spacial score (nSPS) is 20.9. The topological polar surface area (TPSA) is 108 Å². The molecule has 0 aliphatic carbocycles. The largest absolute Gasteiger partial charge is 0.473 e. The van der Waals surface area contributed by atoms with Crippen molar-refractivity contribution >= 4 is 0 Å². The molecule has 0 N–H and O–H groups in total. The smallest absolute Gasteiger partial charge is 0.213 e. The van der Waals surface area contributed by atoms with Crippen LogP contribution in [0.25, 0.3) is 0 Å². The number of hydrogen-bond donors (Lipinski definition) is 0. The van der Waals surface area contributed by atoms with E-state index in [1.54, 1.807) is 24.3 Å². The number of aromatic nitrogens is 2. The van der Waals surface area contributed by atoms with Crippen LogP contribution in [-0.4, -0.2) is 84.5 Å². The van der Waals surface area contributed by atoms with Crippen molar-refractivity contribution in [1.29, 1.82) is 10.5 Å². The van der Waals surface area contributed by atoms with Gasteiger partial charge in [-0.3, -0.25) is 9.80 Å². The van der Waals surface area contributed by atoms with Crippen LogP contribution in [0.3, 0.4) is 0 Å². The van der Waals surface area contributed by atoms with Crippen LogP contribution in [0.4, 0.5) is 0 Å². The summed E-state index contributed by atoms with van der Waals surface area (Å²) >= 11 is 0. The summed E-state index contributed by atoms with van der Waals surface area (Å²) in [6.45, 7) is 6.86. The van der Waals surface area contributed by atoms with E-state index in [-0.39, 0.29) is 12.2 Å². The molecule has 4 rings (SSSR count). The number of nitriles is 2. The molecule has 0 aromatic carbocycles. The maximum atomic E-state index is 8.84. The van der Waals surface area contributed by atoms with E-state index < -0.39 is 0 Å². The van der Waals surface area contributed by atoms with E-state index in [4.69, 9.17) is 24.7 Å². The van der Waals surface area contributed by atoms with Crippen LogP contribution >= 0.6 is 0 Å². The molecular formula is C24H28N6O3. The van der Waals surface area contributed by atoms with Gasteiger partial charge < -0.3 is 14.2 Å². The summed E-state index contributed by atoms with van der Waals surface area (Å²) in [4.78, 5) is 13.1. The van der Waals surface area contributed by atoms with Gasteiger partial charge in [-0.05, 0) is 25.0 Å². The molecule has 0 amide bonds. The van der Waals surface area contributed by atoms with E-state index in [0.29, 0.717) is 36.1 Å². The van der Waals surface area contributed by atoms with Gasteiger partial charge in [-0.1, -0.05) is 0 Å². The van der Waals surface area contributed by atoms with E-state index in [2.05, 4.69) is 31.9 Å². The van der Waals surface area contributed by atoms with Crippen molar-refractivity contribution in [3.05, 3.63) is 47.8 Å². The van der Waals surface area contributed by atoms with Crippen molar-refractivity contribution in [2.45, 2.75) is 25.0 Å². The number of rotatable bonds is 10. The second-order valence-electron chi connectivity index (χ2n) is 8.26. The second-order valence-corrected chi connectivity index (χ2v) is 8.26. The highest BCUT2D eigenvalue weighted by Gasteiger charge is 2.25. The van der Waals surface area contributed by atoms with Gasteiger partial charge in [0.05, 0.1) is 24.3 Å². The summed E-state index contributed by atoms with van der Waals surface area (Å²) in [6, 6.07) is 11.1. The molecule has 2 aromatic rings. The zero-order valence-electron chi connectivity index (χ0n) is 18.6. The second kappa shape index (κ2) is 11.6. The first-order chi connectivity index (χ1) is 16.2.